The van der Waals surface area contributed by atoms with Gasteiger partial charge >= 0.3 is 11.9 Å². The van der Waals surface area contributed by atoms with Crippen molar-refractivity contribution in [3.05, 3.63) is 28.5 Å². The number of aliphatic carboxylic acids is 1. The minimum atomic E-state index is -0.949. The second kappa shape index (κ2) is 5.57. The predicted molar refractivity (Wildman–Crippen MR) is 79.6 cm³/mol. The third-order valence-electron chi connectivity index (χ3n) is 4.34. The molecule has 2 bridgehead atoms. The first-order valence-corrected chi connectivity index (χ1v) is 7.78. The van der Waals surface area contributed by atoms with Crippen LogP contribution in [-0.4, -0.2) is 30.1 Å². The number of nitrogens with one attached hydrogen (secondary N) is 1. The molecular weight excluding hydrogens is 306 g/mol. The molecule has 22 heavy (non-hydrogen) atoms. The smallest absolute Gasteiger partial charge is 0.350 e. The van der Waals surface area contributed by atoms with Gasteiger partial charge in [0, 0.05) is 0 Å². The third kappa shape index (κ3) is 2.31. The zero-order chi connectivity index (χ0) is 15.9. The van der Waals surface area contributed by atoms with Crippen LogP contribution >= 0.6 is 11.3 Å². The quantitative estimate of drug-likeness (QED) is 0.653. The summed E-state index contributed by atoms with van der Waals surface area (Å²) in [5, 5.41) is 13.7. The maximum atomic E-state index is 12.5. The van der Waals surface area contributed by atoms with Crippen LogP contribution in [0.25, 0.3) is 0 Å². The molecule has 2 N–H and O–H groups in total. The van der Waals surface area contributed by atoms with Gasteiger partial charge < -0.3 is 15.2 Å². The Hall–Kier alpha value is -2.15. The fraction of sp³-hybridized carbons (Fsp3) is 0.400. The Kier molecular flexibility index (Phi) is 3.74. The molecule has 6 nitrogen and oxygen atoms in total. The molecule has 1 saturated carbocycles. The summed E-state index contributed by atoms with van der Waals surface area (Å²) < 4.78 is 4.67. The Morgan fingerprint density at radius 2 is 1.95 bits per heavy atom. The molecule has 2 aliphatic rings. The van der Waals surface area contributed by atoms with Crippen LogP contribution in [0.4, 0.5) is 5.69 Å². The predicted octanol–water partition coefficient (Wildman–Crippen LogP) is 2.00. The molecule has 1 amide bonds. The van der Waals surface area contributed by atoms with Crippen LogP contribution in [0.5, 0.6) is 0 Å². The molecule has 7 heteroatoms. The molecule has 4 atom stereocenters. The third-order valence-corrected chi connectivity index (χ3v) is 5.24. The first-order valence-electron chi connectivity index (χ1n) is 6.90. The molecule has 116 valence electrons. The number of rotatable bonds is 4. The highest BCUT2D eigenvalue weighted by molar-refractivity contribution is 7.12. The van der Waals surface area contributed by atoms with Gasteiger partial charge in [0.2, 0.25) is 5.91 Å². The van der Waals surface area contributed by atoms with Gasteiger partial charge in [-0.25, -0.2) is 4.79 Å². The van der Waals surface area contributed by atoms with Crippen LogP contribution in [0.3, 0.4) is 0 Å². The maximum Gasteiger partial charge on any atom is 0.350 e. The topological polar surface area (TPSA) is 92.7 Å². The molecule has 0 saturated heterocycles. The summed E-state index contributed by atoms with van der Waals surface area (Å²) in [6.45, 7) is 0. The maximum absolute atomic E-state index is 12.5. The number of carboxylic acid groups (broad SMARTS) is 1. The molecule has 1 aromatic rings. The number of carboxylic acids is 1. The molecule has 0 aliphatic heterocycles. The lowest BCUT2D eigenvalue weighted by Gasteiger charge is -2.23. The molecular formula is C15H15NO5S. The number of carbonyl (C=O) groups is 3. The molecule has 3 rings (SSSR count). The highest BCUT2D eigenvalue weighted by atomic mass is 32.1. The van der Waals surface area contributed by atoms with Crippen molar-refractivity contribution < 1.29 is 24.2 Å². The summed E-state index contributed by atoms with van der Waals surface area (Å²) in [6, 6.07) is 1.62. The molecule has 0 spiro atoms. The summed E-state index contributed by atoms with van der Waals surface area (Å²) in [5.41, 5.74) is 0.373. The van der Waals surface area contributed by atoms with E-state index in [1.54, 1.807) is 11.4 Å². The first-order chi connectivity index (χ1) is 10.5. The number of fused-ring (bicyclic) bond motifs is 2. The zero-order valence-electron chi connectivity index (χ0n) is 11.8. The number of hydrogen-bond donors (Lipinski definition) is 2. The van der Waals surface area contributed by atoms with Crippen molar-refractivity contribution in [1.82, 2.24) is 0 Å². The highest BCUT2D eigenvalue weighted by Crippen LogP contribution is 2.48. The minimum absolute atomic E-state index is 0.0497. The molecule has 0 radical (unpaired) electrons. The number of hydrogen-bond acceptors (Lipinski definition) is 5. The summed E-state index contributed by atoms with van der Waals surface area (Å²) in [4.78, 5) is 35.9. The molecule has 1 aromatic heterocycles. The van der Waals surface area contributed by atoms with Gasteiger partial charge in [0.1, 0.15) is 4.88 Å². The number of ether oxygens (including phenoxy) is 1. The SMILES string of the molecule is COC(=O)c1sccc1NC(=O)[C@@H]1[C@H](C(=O)O)[C@H]2C=C[C@H]1C2. The first kappa shape index (κ1) is 14.8. The molecule has 1 fully saturated rings. The van der Waals surface area contributed by atoms with Crippen LogP contribution in [-0.2, 0) is 14.3 Å². The highest BCUT2D eigenvalue weighted by Gasteiger charge is 2.51. The monoisotopic (exact) mass is 321 g/mol. The molecule has 1 heterocycles. The van der Waals surface area contributed by atoms with Crippen molar-refractivity contribution in [2.24, 2.45) is 23.7 Å². The second-order valence-electron chi connectivity index (χ2n) is 5.48. The van der Waals surface area contributed by atoms with E-state index in [0.29, 0.717) is 17.0 Å². The van der Waals surface area contributed by atoms with E-state index < -0.39 is 23.8 Å². The Balaban J connectivity index is 1.80. The second-order valence-corrected chi connectivity index (χ2v) is 6.40. The minimum Gasteiger partial charge on any atom is -0.481 e. The normalized spacial score (nSPS) is 28.6. The van der Waals surface area contributed by atoms with Gasteiger partial charge in [-0.05, 0) is 29.7 Å². The lowest BCUT2D eigenvalue weighted by Crippen LogP contribution is -2.36. The standard InChI is InChI=1S/C15H15NO5S/c1-21-15(20)12-9(4-5-22-12)16-13(17)10-7-2-3-8(6-7)11(10)14(18)19/h2-5,7-8,10-11H,6H2,1H3,(H,16,17)(H,18,19)/t7-,8-,10-,11+/m0/s1. The average Bonchev–Trinajstić information content (AvgIpc) is 3.20. The lowest BCUT2D eigenvalue weighted by molar-refractivity contribution is -0.146. The fourth-order valence-corrected chi connectivity index (χ4v) is 4.16. The van der Waals surface area contributed by atoms with Crippen LogP contribution < -0.4 is 5.32 Å². The van der Waals surface area contributed by atoms with Gasteiger partial charge in [-0.3, -0.25) is 9.59 Å². The van der Waals surface area contributed by atoms with Crippen LogP contribution in [0.2, 0.25) is 0 Å². The van der Waals surface area contributed by atoms with E-state index in [-0.39, 0.29) is 17.7 Å². The Morgan fingerprint density at radius 1 is 1.27 bits per heavy atom. The van der Waals surface area contributed by atoms with E-state index in [0.717, 1.165) is 0 Å². The van der Waals surface area contributed by atoms with Crippen molar-refractivity contribution >= 4 is 34.9 Å². The van der Waals surface area contributed by atoms with E-state index in [1.807, 2.05) is 12.2 Å². The molecule has 0 unspecified atom stereocenters. The van der Waals surface area contributed by atoms with E-state index >= 15 is 0 Å². The average molecular weight is 321 g/mol. The number of carbonyl (C=O) groups excluding carboxylic acids is 2. The van der Waals surface area contributed by atoms with Crippen molar-refractivity contribution in [1.29, 1.82) is 0 Å². The van der Waals surface area contributed by atoms with Crippen molar-refractivity contribution in [3.63, 3.8) is 0 Å². The van der Waals surface area contributed by atoms with Crippen LogP contribution in [0, 0.1) is 23.7 Å². The van der Waals surface area contributed by atoms with Crippen LogP contribution in [0.15, 0.2) is 23.6 Å². The number of anilines is 1. The van der Waals surface area contributed by atoms with Gasteiger partial charge in [-0.1, -0.05) is 12.2 Å². The molecule has 0 aromatic carbocycles. The lowest BCUT2D eigenvalue weighted by atomic mass is 9.82. The van der Waals surface area contributed by atoms with Gasteiger partial charge in [0.25, 0.3) is 0 Å². The van der Waals surface area contributed by atoms with E-state index in [4.69, 9.17) is 0 Å². The zero-order valence-corrected chi connectivity index (χ0v) is 12.6. The number of thiophene rings is 1. The summed E-state index contributed by atoms with van der Waals surface area (Å²) >= 11 is 1.17. The Morgan fingerprint density at radius 3 is 2.59 bits per heavy atom. The number of esters is 1. The Bertz CT molecular complexity index is 665. The van der Waals surface area contributed by atoms with Gasteiger partial charge in [-0.15, -0.1) is 11.3 Å². The summed E-state index contributed by atoms with van der Waals surface area (Å²) in [5.74, 6) is -3.25. The van der Waals surface area contributed by atoms with E-state index in [1.165, 1.54) is 18.4 Å². The molecule has 2 aliphatic carbocycles. The van der Waals surface area contributed by atoms with Crippen molar-refractivity contribution in [3.8, 4) is 0 Å². The number of allylic oxidation sites excluding steroid dienone is 2. The van der Waals surface area contributed by atoms with Crippen molar-refractivity contribution in [2.75, 3.05) is 12.4 Å². The largest absolute Gasteiger partial charge is 0.481 e. The summed E-state index contributed by atoms with van der Waals surface area (Å²) in [6.07, 6.45) is 4.50. The number of amides is 1. The van der Waals surface area contributed by atoms with Gasteiger partial charge in [0.05, 0.1) is 24.6 Å². The van der Waals surface area contributed by atoms with E-state index in [9.17, 15) is 19.5 Å². The fourth-order valence-electron chi connectivity index (χ4n) is 3.39. The van der Waals surface area contributed by atoms with E-state index in [2.05, 4.69) is 10.1 Å². The summed E-state index contributed by atoms with van der Waals surface area (Å²) in [7, 11) is 1.27. The van der Waals surface area contributed by atoms with Crippen molar-refractivity contribution in [2.45, 2.75) is 6.42 Å². The van der Waals surface area contributed by atoms with Gasteiger partial charge in [-0.2, -0.15) is 0 Å². The number of methoxy groups -OCH3 is 1. The Labute approximate surface area is 130 Å². The van der Waals surface area contributed by atoms with Crippen LogP contribution in [0.1, 0.15) is 16.1 Å². The van der Waals surface area contributed by atoms with Gasteiger partial charge in [0.15, 0.2) is 0 Å².